The molecule has 4 aromatic carbocycles. The van der Waals surface area contributed by atoms with E-state index in [0.29, 0.717) is 65.7 Å². The van der Waals surface area contributed by atoms with Gasteiger partial charge in [0.15, 0.2) is 0 Å². The van der Waals surface area contributed by atoms with Crippen LogP contribution >= 0.6 is 0 Å². The second-order valence-corrected chi connectivity index (χ2v) is 19.2. The molecule has 0 heterocycles. The van der Waals surface area contributed by atoms with E-state index >= 15 is 0 Å². The molecule has 12 heteroatoms. The summed E-state index contributed by atoms with van der Waals surface area (Å²) in [5.74, 6) is -1.13. The number of carbonyl (C=O) groups excluding carboxylic acids is 1. The normalized spacial score (nSPS) is 12.1. The Bertz CT molecular complexity index is 2120. The van der Waals surface area contributed by atoms with Crippen LogP contribution in [-0.2, 0) is 29.6 Å². The third-order valence-electron chi connectivity index (χ3n) is 10.5. The lowest BCUT2D eigenvalue weighted by molar-refractivity contribution is -0.137. The highest BCUT2D eigenvalue weighted by molar-refractivity contribution is 7.89. The van der Waals surface area contributed by atoms with Crippen molar-refractivity contribution in [2.24, 2.45) is 0 Å². The lowest BCUT2D eigenvalue weighted by Crippen LogP contribution is -2.37. The SMILES string of the molecule is Cc1cc(C)c(S(=O)(=O)N(CCCCN(CCC(c2ccccc2)c2ccccc2)S(=O)(=O)c2c(C)cc(C)cc2C)CCCNC(=O)CCCCC(=O)O)c(C)c1. The molecule has 0 spiro atoms. The quantitative estimate of drug-likeness (QED) is 0.0716. The molecule has 0 bridgehead atoms. The molecule has 0 aliphatic heterocycles. The average Bonchev–Trinajstić information content (AvgIpc) is 3.14. The molecule has 0 unspecified atom stereocenters. The van der Waals surface area contributed by atoms with Crippen molar-refractivity contribution in [3.05, 3.63) is 129 Å². The molecule has 0 fully saturated rings. The summed E-state index contributed by atoms with van der Waals surface area (Å²) in [7, 11) is -7.88. The van der Waals surface area contributed by atoms with Gasteiger partial charge in [-0.3, -0.25) is 9.59 Å². The molecule has 0 radical (unpaired) electrons. The highest BCUT2D eigenvalue weighted by atomic mass is 32.2. The second-order valence-electron chi connectivity index (χ2n) is 15.4. The van der Waals surface area contributed by atoms with E-state index < -0.39 is 26.0 Å². The van der Waals surface area contributed by atoms with Gasteiger partial charge in [0, 0.05) is 51.5 Å². The minimum Gasteiger partial charge on any atom is -0.481 e. The Hall–Kier alpha value is -4.36. The molecule has 4 rings (SSSR count). The van der Waals surface area contributed by atoms with E-state index in [4.69, 9.17) is 5.11 Å². The third kappa shape index (κ3) is 12.8. The number of aryl methyl sites for hydroxylation is 6. The highest BCUT2D eigenvalue weighted by Gasteiger charge is 2.31. The number of unbranched alkanes of at least 4 members (excludes halogenated alkanes) is 2. The Morgan fingerprint density at radius 2 is 0.966 bits per heavy atom. The van der Waals surface area contributed by atoms with Gasteiger partial charge < -0.3 is 10.4 Å². The lowest BCUT2D eigenvalue weighted by Gasteiger charge is -2.28. The van der Waals surface area contributed by atoms with Crippen LogP contribution in [0.2, 0.25) is 0 Å². The number of rotatable bonds is 23. The molecule has 58 heavy (non-hydrogen) atoms. The van der Waals surface area contributed by atoms with Crippen LogP contribution in [0.4, 0.5) is 0 Å². The van der Waals surface area contributed by atoms with E-state index in [1.807, 2.05) is 88.4 Å². The summed E-state index contributed by atoms with van der Waals surface area (Å²) in [4.78, 5) is 23.8. The Morgan fingerprint density at radius 1 is 0.569 bits per heavy atom. The molecule has 314 valence electrons. The standard InChI is InChI=1S/C46H61N3O7S2/c1-34-30-36(3)45(37(4)31-34)57(53,54)48(28-17-25-47-43(50)22-13-14-23-44(51)52)26-15-16-27-49(58(55,56)46-38(5)32-35(2)33-39(46)6)29-24-42(40-18-9-7-10-19-40)41-20-11-8-12-21-41/h7-12,18-21,30-33,42H,13-17,22-29H2,1-6H3,(H,47,50)(H,51,52). The number of carboxylic acids is 1. The Kier molecular flexibility index (Phi) is 17.2. The number of carbonyl (C=O) groups is 2. The van der Waals surface area contributed by atoms with Crippen molar-refractivity contribution in [1.29, 1.82) is 0 Å². The largest absolute Gasteiger partial charge is 0.481 e. The topological polar surface area (TPSA) is 141 Å². The fraction of sp³-hybridized carbons (Fsp3) is 0.435. The van der Waals surface area contributed by atoms with E-state index in [-0.39, 0.29) is 62.3 Å². The number of nitrogens with zero attached hydrogens (tertiary/aromatic N) is 2. The average molecular weight is 832 g/mol. The fourth-order valence-electron chi connectivity index (χ4n) is 7.99. The molecule has 10 nitrogen and oxygen atoms in total. The molecular formula is C46H61N3O7S2. The van der Waals surface area contributed by atoms with Gasteiger partial charge in [-0.15, -0.1) is 0 Å². The maximum Gasteiger partial charge on any atom is 0.303 e. The van der Waals surface area contributed by atoms with E-state index in [9.17, 15) is 26.4 Å². The first-order valence-corrected chi connectivity index (χ1v) is 23.1. The summed E-state index contributed by atoms with van der Waals surface area (Å²) in [5.41, 5.74) is 6.86. The monoisotopic (exact) mass is 831 g/mol. The molecular weight excluding hydrogens is 771 g/mol. The molecule has 0 aliphatic rings. The van der Waals surface area contributed by atoms with Gasteiger partial charge in [0.25, 0.3) is 0 Å². The van der Waals surface area contributed by atoms with Crippen LogP contribution in [0.5, 0.6) is 0 Å². The van der Waals surface area contributed by atoms with E-state index in [0.717, 1.165) is 22.3 Å². The number of sulfonamides is 2. The van der Waals surface area contributed by atoms with Gasteiger partial charge in [0.05, 0.1) is 9.79 Å². The highest BCUT2D eigenvalue weighted by Crippen LogP contribution is 2.32. The molecule has 0 saturated heterocycles. The number of aliphatic carboxylic acids is 1. The summed E-state index contributed by atoms with van der Waals surface area (Å²) in [6, 6.07) is 27.7. The number of benzene rings is 4. The third-order valence-corrected chi connectivity index (χ3v) is 14.9. The van der Waals surface area contributed by atoms with Crippen LogP contribution < -0.4 is 5.32 Å². The van der Waals surface area contributed by atoms with Gasteiger partial charge in [-0.05, 0) is 113 Å². The molecule has 4 aromatic rings. The molecule has 0 aromatic heterocycles. The minimum absolute atomic E-state index is 0.00869. The van der Waals surface area contributed by atoms with Gasteiger partial charge >= 0.3 is 5.97 Å². The summed E-state index contributed by atoms with van der Waals surface area (Å²) < 4.78 is 61.0. The first-order chi connectivity index (χ1) is 27.5. The number of nitrogens with one attached hydrogen (secondary N) is 1. The van der Waals surface area contributed by atoms with Gasteiger partial charge in [-0.1, -0.05) is 96.1 Å². The van der Waals surface area contributed by atoms with Gasteiger partial charge in [0.1, 0.15) is 0 Å². The predicted octanol–water partition coefficient (Wildman–Crippen LogP) is 8.37. The van der Waals surface area contributed by atoms with E-state index in [2.05, 4.69) is 29.6 Å². The van der Waals surface area contributed by atoms with Crippen molar-refractivity contribution < 1.29 is 31.5 Å². The van der Waals surface area contributed by atoms with Crippen LogP contribution in [0, 0.1) is 41.5 Å². The van der Waals surface area contributed by atoms with Gasteiger partial charge in [-0.2, -0.15) is 8.61 Å². The van der Waals surface area contributed by atoms with Crippen molar-refractivity contribution in [3.63, 3.8) is 0 Å². The van der Waals surface area contributed by atoms with Crippen molar-refractivity contribution in [3.8, 4) is 0 Å². The maximum absolute atomic E-state index is 14.6. The van der Waals surface area contributed by atoms with Crippen LogP contribution in [0.15, 0.2) is 94.7 Å². The molecule has 1 amide bonds. The summed E-state index contributed by atoms with van der Waals surface area (Å²) >= 11 is 0. The fourth-order valence-corrected chi connectivity index (χ4v) is 11.8. The number of amides is 1. The van der Waals surface area contributed by atoms with E-state index in [1.165, 1.54) is 4.31 Å². The van der Waals surface area contributed by atoms with Gasteiger partial charge in [0.2, 0.25) is 26.0 Å². The Balaban J connectivity index is 1.55. The zero-order valence-electron chi connectivity index (χ0n) is 35.0. The van der Waals surface area contributed by atoms with E-state index in [1.54, 1.807) is 18.2 Å². The number of carboxylic acid groups (broad SMARTS) is 1. The predicted molar refractivity (Wildman–Crippen MR) is 231 cm³/mol. The van der Waals surface area contributed by atoms with Crippen molar-refractivity contribution in [1.82, 2.24) is 13.9 Å². The van der Waals surface area contributed by atoms with Crippen LogP contribution in [0.1, 0.15) is 102 Å². The smallest absolute Gasteiger partial charge is 0.303 e. The Labute approximate surface area is 346 Å². The first-order valence-electron chi connectivity index (χ1n) is 20.3. The molecule has 2 N–H and O–H groups in total. The maximum atomic E-state index is 14.6. The molecule has 0 saturated carbocycles. The van der Waals surface area contributed by atoms with Crippen molar-refractivity contribution in [2.45, 2.75) is 109 Å². The second kappa shape index (κ2) is 21.6. The summed E-state index contributed by atoms with van der Waals surface area (Å²) in [5, 5.41) is 11.7. The van der Waals surface area contributed by atoms with Crippen LogP contribution in [0.3, 0.4) is 0 Å². The van der Waals surface area contributed by atoms with Crippen LogP contribution in [-0.4, -0.2) is 75.2 Å². The zero-order chi connectivity index (χ0) is 42.5. The van der Waals surface area contributed by atoms with Crippen LogP contribution in [0.25, 0.3) is 0 Å². The first kappa shape index (κ1) is 46.3. The van der Waals surface area contributed by atoms with Crippen molar-refractivity contribution in [2.75, 3.05) is 32.7 Å². The summed E-state index contributed by atoms with van der Waals surface area (Å²) in [6.07, 6.45) is 2.84. The molecule has 0 atom stereocenters. The lowest BCUT2D eigenvalue weighted by atomic mass is 9.88. The molecule has 0 aliphatic carbocycles. The Morgan fingerprint density at radius 3 is 1.40 bits per heavy atom. The zero-order valence-corrected chi connectivity index (χ0v) is 36.6. The summed E-state index contributed by atoms with van der Waals surface area (Å²) in [6.45, 7) is 12.2. The number of hydrogen-bond donors (Lipinski definition) is 2. The van der Waals surface area contributed by atoms with Crippen molar-refractivity contribution >= 4 is 31.9 Å². The minimum atomic E-state index is -3.94. The van der Waals surface area contributed by atoms with Gasteiger partial charge in [-0.25, -0.2) is 16.8 Å². The number of hydrogen-bond acceptors (Lipinski definition) is 6.